The maximum atomic E-state index is 13.7. The highest BCUT2D eigenvalue weighted by molar-refractivity contribution is 5.95. The first-order chi connectivity index (χ1) is 10.8. The molecule has 7 heteroatoms. The van der Waals surface area contributed by atoms with Gasteiger partial charge in [0.15, 0.2) is 0 Å². The van der Waals surface area contributed by atoms with E-state index in [0.717, 1.165) is 12.1 Å². The number of carbonyl (C=O) groups excluding carboxylic acids is 2. The Bertz CT molecular complexity index is 579. The van der Waals surface area contributed by atoms with Crippen LogP contribution in [-0.4, -0.2) is 53.8 Å². The van der Waals surface area contributed by atoms with Crippen LogP contribution in [-0.2, 0) is 4.79 Å². The molecule has 0 unspecified atom stereocenters. The van der Waals surface area contributed by atoms with Crippen LogP contribution in [0.3, 0.4) is 0 Å². The maximum Gasteiger partial charge on any atom is 0.259 e. The monoisotopic (exact) mass is 325 g/mol. The highest BCUT2D eigenvalue weighted by Crippen LogP contribution is 2.16. The van der Waals surface area contributed by atoms with Crippen LogP contribution in [0.2, 0.25) is 0 Å². The number of rotatable bonds is 3. The van der Waals surface area contributed by atoms with Crippen LogP contribution < -0.4 is 5.73 Å². The van der Waals surface area contributed by atoms with Crippen molar-refractivity contribution in [1.29, 1.82) is 0 Å². The average Bonchev–Trinajstić information content (AvgIpc) is 2.53. The SMILES string of the molecule is CC(C)[C@H](N)C(=O)N1CCN(C(=O)c2c(F)cccc2F)CC1. The Morgan fingerprint density at radius 1 is 1.04 bits per heavy atom. The molecule has 2 rings (SSSR count). The van der Waals surface area contributed by atoms with Crippen molar-refractivity contribution in [3.8, 4) is 0 Å². The molecule has 1 aromatic carbocycles. The Balaban J connectivity index is 2.02. The number of piperazine rings is 1. The number of carbonyl (C=O) groups is 2. The number of halogens is 2. The van der Waals surface area contributed by atoms with Crippen LogP contribution in [0.1, 0.15) is 24.2 Å². The van der Waals surface area contributed by atoms with Crippen LogP contribution in [0.5, 0.6) is 0 Å². The van der Waals surface area contributed by atoms with Crippen molar-refractivity contribution in [2.45, 2.75) is 19.9 Å². The normalized spacial score (nSPS) is 16.6. The minimum Gasteiger partial charge on any atom is -0.338 e. The van der Waals surface area contributed by atoms with Gasteiger partial charge in [0.25, 0.3) is 5.91 Å². The van der Waals surface area contributed by atoms with E-state index in [1.807, 2.05) is 13.8 Å². The predicted molar refractivity (Wildman–Crippen MR) is 81.7 cm³/mol. The third-order valence-electron chi connectivity index (χ3n) is 4.06. The summed E-state index contributed by atoms with van der Waals surface area (Å²) in [6.45, 7) is 4.79. The molecule has 1 aromatic rings. The third-order valence-corrected chi connectivity index (χ3v) is 4.06. The summed E-state index contributed by atoms with van der Waals surface area (Å²) < 4.78 is 27.4. The lowest BCUT2D eigenvalue weighted by Crippen LogP contribution is -2.55. The molecule has 5 nitrogen and oxygen atoms in total. The van der Waals surface area contributed by atoms with Crippen LogP contribution in [0.15, 0.2) is 18.2 Å². The molecule has 0 bridgehead atoms. The van der Waals surface area contributed by atoms with Gasteiger partial charge < -0.3 is 15.5 Å². The zero-order chi connectivity index (χ0) is 17.1. The quantitative estimate of drug-likeness (QED) is 0.909. The topological polar surface area (TPSA) is 66.6 Å². The summed E-state index contributed by atoms with van der Waals surface area (Å²) in [5.74, 6) is -2.59. The summed E-state index contributed by atoms with van der Waals surface area (Å²) in [7, 11) is 0. The van der Waals surface area contributed by atoms with Crippen molar-refractivity contribution in [2.75, 3.05) is 26.2 Å². The summed E-state index contributed by atoms with van der Waals surface area (Å²) in [4.78, 5) is 27.4. The number of hydrogen-bond acceptors (Lipinski definition) is 3. The number of nitrogens with zero attached hydrogens (tertiary/aromatic N) is 2. The Labute approximate surface area is 134 Å². The molecule has 1 fully saturated rings. The van der Waals surface area contributed by atoms with Gasteiger partial charge in [-0.1, -0.05) is 19.9 Å². The van der Waals surface area contributed by atoms with Crippen LogP contribution >= 0.6 is 0 Å². The van der Waals surface area contributed by atoms with Gasteiger partial charge in [-0.15, -0.1) is 0 Å². The van der Waals surface area contributed by atoms with Crippen molar-refractivity contribution in [3.05, 3.63) is 35.4 Å². The molecule has 0 spiro atoms. The molecule has 0 aliphatic carbocycles. The predicted octanol–water partition coefficient (Wildman–Crippen LogP) is 1.23. The van der Waals surface area contributed by atoms with E-state index in [4.69, 9.17) is 5.73 Å². The summed E-state index contributed by atoms with van der Waals surface area (Å²) in [5, 5.41) is 0. The fourth-order valence-electron chi connectivity index (χ4n) is 2.49. The van der Waals surface area contributed by atoms with Gasteiger partial charge in [-0.3, -0.25) is 9.59 Å². The van der Waals surface area contributed by atoms with E-state index < -0.39 is 29.1 Å². The fourth-order valence-corrected chi connectivity index (χ4v) is 2.49. The van der Waals surface area contributed by atoms with Gasteiger partial charge in [-0.05, 0) is 18.1 Å². The second kappa shape index (κ2) is 7.04. The van der Waals surface area contributed by atoms with Gasteiger partial charge in [-0.25, -0.2) is 8.78 Å². The summed E-state index contributed by atoms with van der Waals surface area (Å²) in [6, 6.07) is 2.74. The zero-order valence-corrected chi connectivity index (χ0v) is 13.3. The van der Waals surface area contributed by atoms with Gasteiger partial charge in [0.1, 0.15) is 17.2 Å². The first-order valence-electron chi connectivity index (χ1n) is 7.60. The molecule has 23 heavy (non-hydrogen) atoms. The van der Waals surface area contributed by atoms with Crippen molar-refractivity contribution >= 4 is 11.8 Å². The van der Waals surface area contributed by atoms with Crippen molar-refractivity contribution in [3.63, 3.8) is 0 Å². The Kier molecular flexibility index (Phi) is 5.30. The molecule has 2 amide bonds. The van der Waals surface area contributed by atoms with Crippen molar-refractivity contribution < 1.29 is 18.4 Å². The van der Waals surface area contributed by atoms with E-state index in [9.17, 15) is 18.4 Å². The molecule has 0 aromatic heterocycles. The Morgan fingerprint density at radius 3 is 2.00 bits per heavy atom. The standard InChI is InChI=1S/C16H21F2N3O2/c1-10(2)14(19)16(23)21-8-6-20(7-9-21)15(22)13-11(17)4-3-5-12(13)18/h3-5,10,14H,6-9,19H2,1-2H3/t14-/m0/s1. The zero-order valence-electron chi connectivity index (χ0n) is 13.3. The van der Waals surface area contributed by atoms with Gasteiger partial charge in [0.2, 0.25) is 5.91 Å². The van der Waals surface area contributed by atoms with E-state index in [1.165, 1.54) is 11.0 Å². The first kappa shape index (κ1) is 17.3. The van der Waals surface area contributed by atoms with E-state index in [2.05, 4.69) is 0 Å². The van der Waals surface area contributed by atoms with Crippen LogP contribution in [0, 0.1) is 17.6 Å². The third kappa shape index (κ3) is 3.67. The van der Waals surface area contributed by atoms with Gasteiger partial charge in [0.05, 0.1) is 6.04 Å². The smallest absolute Gasteiger partial charge is 0.259 e. The molecule has 1 saturated heterocycles. The van der Waals surface area contributed by atoms with E-state index in [-0.39, 0.29) is 24.9 Å². The van der Waals surface area contributed by atoms with Crippen molar-refractivity contribution in [2.24, 2.45) is 11.7 Å². The number of nitrogens with two attached hydrogens (primary N) is 1. The van der Waals surface area contributed by atoms with Crippen LogP contribution in [0.4, 0.5) is 8.78 Å². The second-order valence-corrected chi connectivity index (χ2v) is 5.98. The number of amides is 2. The Hall–Kier alpha value is -2.02. The van der Waals surface area contributed by atoms with Crippen LogP contribution in [0.25, 0.3) is 0 Å². The van der Waals surface area contributed by atoms with Gasteiger partial charge >= 0.3 is 0 Å². The number of benzene rings is 1. The molecule has 0 saturated carbocycles. The molecule has 1 heterocycles. The van der Waals surface area contributed by atoms with E-state index in [1.54, 1.807) is 4.90 Å². The summed E-state index contributed by atoms with van der Waals surface area (Å²) in [6.07, 6.45) is 0. The summed E-state index contributed by atoms with van der Waals surface area (Å²) >= 11 is 0. The molecular weight excluding hydrogens is 304 g/mol. The number of hydrogen-bond donors (Lipinski definition) is 1. The second-order valence-electron chi connectivity index (χ2n) is 5.98. The minimum atomic E-state index is -0.879. The summed E-state index contributed by atoms with van der Waals surface area (Å²) in [5.41, 5.74) is 5.30. The molecule has 126 valence electrons. The lowest BCUT2D eigenvalue weighted by Gasteiger charge is -2.36. The van der Waals surface area contributed by atoms with Gasteiger partial charge in [-0.2, -0.15) is 0 Å². The minimum absolute atomic E-state index is 0.0228. The lowest BCUT2D eigenvalue weighted by molar-refractivity contribution is -0.135. The fraction of sp³-hybridized carbons (Fsp3) is 0.500. The molecule has 1 aliphatic rings. The lowest BCUT2D eigenvalue weighted by atomic mass is 10.0. The van der Waals surface area contributed by atoms with Crippen molar-refractivity contribution in [1.82, 2.24) is 9.80 Å². The largest absolute Gasteiger partial charge is 0.338 e. The average molecular weight is 325 g/mol. The molecule has 1 aliphatic heterocycles. The molecule has 0 radical (unpaired) electrons. The Morgan fingerprint density at radius 2 is 1.52 bits per heavy atom. The van der Waals surface area contributed by atoms with E-state index in [0.29, 0.717) is 13.1 Å². The molecular formula is C16H21F2N3O2. The highest BCUT2D eigenvalue weighted by Gasteiger charge is 2.30. The molecule has 2 N–H and O–H groups in total. The highest BCUT2D eigenvalue weighted by atomic mass is 19.1. The molecule has 1 atom stereocenters. The van der Waals surface area contributed by atoms with E-state index >= 15 is 0 Å². The first-order valence-corrected chi connectivity index (χ1v) is 7.60. The van der Waals surface area contributed by atoms with Gasteiger partial charge in [0, 0.05) is 26.2 Å². The maximum absolute atomic E-state index is 13.7.